The van der Waals surface area contributed by atoms with Crippen LogP contribution in [0.1, 0.15) is 16.9 Å². The van der Waals surface area contributed by atoms with Gasteiger partial charge in [-0.3, -0.25) is 4.79 Å². The Kier molecular flexibility index (Phi) is 1.91. The van der Waals surface area contributed by atoms with Crippen molar-refractivity contribution in [2.24, 2.45) is 0 Å². The lowest BCUT2D eigenvalue weighted by atomic mass is 10.2. The highest BCUT2D eigenvalue weighted by atomic mass is 16.5. The van der Waals surface area contributed by atoms with Crippen LogP contribution in [0.5, 0.6) is 0 Å². The van der Waals surface area contributed by atoms with Crippen LogP contribution in [0, 0.1) is 0 Å². The molecule has 0 aliphatic carbocycles. The summed E-state index contributed by atoms with van der Waals surface area (Å²) in [6, 6.07) is 0. The molecule has 12 heavy (non-hydrogen) atoms. The van der Waals surface area contributed by atoms with Crippen LogP contribution in [0.3, 0.4) is 0 Å². The summed E-state index contributed by atoms with van der Waals surface area (Å²) in [5, 5.41) is 0. The Morgan fingerprint density at radius 2 is 2.67 bits per heavy atom. The van der Waals surface area contributed by atoms with Gasteiger partial charge in [-0.15, -0.1) is 0 Å². The largest absolute Gasteiger partial charge is 0.376 e. The normalized spacial score (nSPS) is 21.8. The summed E-state index contributed by atoms with van der Waals surface area (Å²) < 4.78 is 7.12. The molecule has 1 aliphatic rings. The van der Waals surface area contributed by atoms with E-state index in [-0.39, 0.29) is 0 Å². The van der Waals surface area contributed by atoms with E-state index in [1.807, 2.05) is 4.57 Å². The molecule has 0 amide bonds. The van der Waals surface area contributed by atoms with Gasteiger partial charge in [0.1, 0.15) is 5.69 Å². The van der Waals surface area contributed by atoms with Crippen molar-refractivity contribution in [1.82, 2.24) is 9.55 Å². The summed E-state index contributed by atoms with van der Waals surface area (Å²) in [4.78, 5) is 14.2. The highest BCUT2D eigenvalue weighted by molar-refractivity contribution is 5.70. The Bertz CT molecular complexity index is 278. The van der Waals surface area contributed by atoms with Crippen molar-refractivity contribution in [1.29, 1.82) is 0 Å². The Balaban J connectivity index is 1.97. The lowest BCUT2D eigenvalue weighted by Crippen LogP contribution is -2.30. The number of ether oxygens (including phenoxy) is 1. The van der Waals surface area contributed by atoms with Gasteiger partial charge >= 0.3 is 0 Å². The van der Waals surface area contributed by atoms with E-state index >= 15 is 0 Å². The van der Waals surface area contributed by atoms with Gasteiger partial charge in [0.25, 0.3) is 0 Å². The number of hydrogen-bond donors (Lipinski definition) is 0. The summed E-state index contributed by atoms with van der Waals surface area (Å²) in [5.74, 6) is 0. The van der Waals surface area contributed by atoms with Gasteiger partial charge in [0.05, 0.1) is 12.4 Å². The number of rotatable bonds is 3. The fourth-order valence-electron chi connectivity index (χ4n) is 1.20. The molecule has 1 aliphatic heterocycles. The van der Waals surface area contributed by atoms with Gasteiger partial charge in [0, 0.05) is 19.3 Å². The molecule has 4 heteroatoms. The van der Waals surface area contributed by atoms with Crippen LogP contribution < -0.4 is 0 Å². The van der Waals surface area contributed by atoms with Crippen LogP contribution in [0.15, 0.2) is 12.5 Å². The van der Waals surface area contributed by atoms with Crippen LogP contribution >= 0.6 is 0 Å². The average Bonchev–Trinajstić information content (AvgIpc) is 2.44. The Morgan fingerprint density at radius 1 is 1.83 bits per heavy atom. The van der Waals surface area contributed by atoms with Crippen LogP contribution in [-0.2, 0) is 11.3 Å². The number of imidazole rings is 1. The molecule has 1 aromatic rings. The zero-order valence-electron chi connectivity index (χ0n) is 6.64. The number of nitrogens with zero attached hydrogens (tertiary/aromatic N) is 2. The van der Waals surface area contributed by atoms with Gasteiger partial charge in [-0.05, 0) is 6.42 Å². The van der Waals surface area contributed by atoms with Crippen molar-refractivity contribution >= 4 is 6.29 Å². The molecule has 0 aromatic carbocycles. The van der Waals surface area contributed by atoms with Crippen molar-refractivity contribution < 1.29 is 9.53 Å². The molecule has 4 nitrogen and oxygen atoms in total. The predicted molar refractivity (Wildman–Crippen MR) is 42.0 cm³/mol. The maximum Gasteiger partial charge on any atom is 0.169 e. The maximum atomic E-state index is 10.3. The van der Waals surface area contributed by atoms with E-state index in [1.54, 1.807) is 12.5 Å². The van der Waals surface area contributed by atoms with Gasteiger partial charge in [-0.1, -0.05) is 0 Å². The molecule has 2 rings (SSSR count). The van der Waals surface area contributed by atoms with E-state index in [9.17, 15) is 4.79 Å². The van der Waals surface area contributed by atoms with E-state index in [4.69, 9.17) is 4.74 Å². The summed E-state index contributed by atoms with van der Waals surface area (Å²) >= 11 is 0. The molecule has 64 valence electrons. The van der Waals surface area contributed by atoms with E-state index in [0.717, 1.165) is 25.9 Å². The molecule has 1 aromatic heterocycles. The fraction of sp³-hybridized carbons (Fsp3) is 0.500. The first-order valence-corrected chi connectivity index (χ1v) is 3.97. The number of carbonyl (C=O) groups excluding carboxylic acids is 1. The second kappa shape index (κ2) is 3.06. The first-order valence-electron chi connectivity index (χ1n) is 3.97. The molecule has 0 unspecified atom stereocenters. The molecule has 0 radical (unpaired) electrons. The molecular formula is C8H10N2O2. The van der Waals surface area contributed by atoms with Gasteiger partial charge in [-0.2, -0.15) is 0 Å². The molecular weight excluding hydrogens is 156 g/mol. The van der Waals surface area contributed by atoms with Gasteiger partial charge < -0.3 is 9.30 Å². The van der Waals surface area contributed by atoms with Gasteiger partial charge in [0.15, 0.2) is 6.29 Å². The summed E-state index contributed by atoms with van der Waals surface area (Å²) in [5.41, 5.74) is 0.481. The van der Waals surface area contributed by atoms with Crippen LogP contribution in [-0.4, -0.2) is 28.5 Å². The van der Waals surface area contributed by atoms with E-state index < -0.39 is 0 Å². The number of hydrogen-bond acceptors (Lipinski definition) is 3. The third-order valence-electron chi connectivity index (χ3n) is 1.98. The zero-order chi connectivity index (χ0) is 8.39. The zero-order valence-corrected chi connectivity index (χ0v) is 6.64. The second-order valence-corrected chi connectivity index (χ2v) is 2.89. The van der Waals surface area contributed by atoms with E-state index in [2.05, 4.69) is 4.98 Å². The minimum Gasteiger partial charge on any atom is -0.376 e. The third-order valence-corrected chi connectivity index (χ3v) is 1.98. The van der Waals surface area contributed by atoms with Crippen molar-refractivity contribution in [3.8, 4) is 0 Å². The van der Waals surface area contributed by atoms with Crippen molar-refractivity contribution in [3.05, 3.63) is 18.2 Å². The standard InChI is InChI=1S/C8H10N2O2/c11-5-7-3-10(6-9-7)4-8-1-2-12-8/h3,5-6,8H,1-2,4H2/t8-/m0/s1. The monoisotopic (exact) mass is 166 g/mol. The van der Waals surface area contributed by atoms with Gasteiger partial charge in [-0.25, -0.2) is 4.98 Å². The molecule has 0 N–H and O–H groups in total. The number of aldehydes is 1. The number of aromatic nitrogens is 2. The third kappa shape index (κ3) is 1.38. The summed E-state index contributed by atoms with van der Waals surface area (Å²) in [6.07, 6.45) is 5.56. The molecule has 1 atom stereocenters. The Morgan fingerprint density at radius 3 is 3.17 bits per heavy atom. The molecule has 0 bridgehead atoms. The highest BCUT2D eigenvalue weighted by Crippen LogP contribution is 2.12. The Hall–Kier alpha value is -1.16. The molecule has 0 saturated carbocycles. The van der Waals surface area contributed by atoms with E-state index in [0.29, 0.717) is 11.8 Å². The molecule has 0 spiro atoms. The molecule has 2 heterocycles. The second-order valence-electron chi connectivity index (χ2n) is 2.89. The highest BCUT2D eigenvalue weighted by Gasteiger charge is 2.18. The van der Waals surface area contributed by atoms with Crippen LogP contribution in [0.2, 0.25) is 0 Å². The smallest absolute Gasteiger partial charge is 0.169 e. The van der Waals surface area contributed by atoms with Gasteiger partial charge in [0.2, 0.25) is 0 Å². The minimum absolute atomic E-state index is 0.318. The predicted octanol–water partition coefficient (Wildman–Crippen LogP) is 0.484. The molecule has 1 fully saturated rings. The lowest BCUT2D eigenvalue weighted by molar-refractivity contribution is -0.0592. The summed E-state index contributed by atoms with van der Waals surface area (Å²) in [7, 11) is 0. The SMILES string of the molecule is O=Cc1cn(C[C@@H]2CCO2)cn1. The van der Waals surface area contributed by atoms with E-state index in [1.165, 1.54) is 0 Å². The van der Waals surface area contributed by atoms with Crippen LogP contribution in [0.4, 0.5) is 0 Å². The topological polar surface area (TPSA) is 44.1 Å². The molecule has 1 saturated heterocycles. The summed E-state index contributed by atoms with van der Waals surface area (Å²) in [6.45, 7) is 1.67. The minimum atomic E-state index is 0.318. The maximum absolute atomic E-state index is 10.3. The Labute approximate surface area is 70.2 Å². The first kappa shape index (κ1) is 7.49. The van der Waals surface area contributed by atoms with Crippen molar-refractivity contribution in [2.75, 3.05) is 6.61 Å². The van der Waals surface area contributed by atoms with Crippen molar-refractivity contribution in [3.63, 3.8) is 0 Å². The lowest BCUT2D eigenvalue weighted by Gasteiger charge is -2.26. The fourth-order valence-corrected chi connectivity index (χ4v) is 1.20. The first-order chi connectivity index (χ1) is 5.88. The van der Waals surface area contributed by atoms with Crippen LogP contribution in [0.25, 0.3) is 0 Å². The number of carbonyl (C=O) groups is 1. The van der Waals surface area contributed by atoms with Crippen molar-refractivity contribution in [2.45, 2.75) is 19.1 Å². The quantitative estimate of drug-likeness (QED) is 0.613. The average molecular weight is 166 g/mol.